The number of likely N-dealkylation sites (tertiary alicyclic amines) is 1. The van der Waals surface area contributed by atoms with Gasteiger partial charge in [-0.25, -0.2) is 4.39 Å². The van der Waals surface area contributed by atoms with Gasteiger partial charge < -0.3 is 9.64 Å². The Kier molecular flexibility index (Phi) is 7.31. The molecule has 2 aromatic carbocycles. The Hall–Kier alpha value is -1.37. The second kappa shape index (κ2) is 9.41. The minimum Gasteiger partial charge on any atom is -0.373 e. The van der Waals surface area contributed by atoms with E-state index in [0.717, 1.165) is 48.0 Å². The molecule has 1 fully saturated rings. The molecule has 4 rings (SSSR count). The molecule has 0 amide bonds. The molecule has 2 heterocycles. The van der Waals surface area contributed by atoms with Gasteiger partial charge in [0.15, 0.2) is 5.15 Å². The van der Waals surface area contributed by atoms with Gasteiger partial charge in [0.25, 0.3) is 0 Å². The molecule has 0 unspecified atom stereocenters. The molecule has 3 aromatic rings. The van der Waals surface area contributed by atoms with Crippen LogP contribution in [0.25, 0.3) is 10.9 Å². The van der Waals surface area contributed by atoms with Crippen LogP contribution in [0.4, 0.5) is 4.39 Å². The molecule has 1 aromatic heterocycles. The largest absolute Gasteiger partial charge is 0.373 e. The van der Waals surface area contributed by atoms with Crippen molar-refractivity contribution in [3.05, 3.63) is 63.5 Å². The third-order valence-corrected chi connectivity index (χ3v) is 6.58. The lowest BCUT2D eigenvalue weighted by atomic mass is 9.73. The van der Waals surface area contributed by atoms with E-state index in [9.17, 15) is 4.39 Å². The Morgan fingerprint density at radius 2 is 1.87 bits per heavy atom. The SMILES string of the molecule is C[C@@H](OCC1(c2ccc(F)cc2)CCN(C)CC1)c1cc(Cl)cc2c(Cl)n[nH]c12.Cl. The Morgan fingerprint density at radius 1 is 1.20 bits per heavy atom. The first-order valence-corrected chi connectivity index (χ1v) is 10.5. The van der Waals surface area contributed by atoms with Crippen LogP contribution in [0, 0.1) is 5.82 Å². The summed E-state index contributed by atoms with van der Waals surface area (Å²) in [4.78, 5) is 2.32. The highest BCUT2D eigenvalue weighted by Crippen LogP contribution is 2.38. The number of aromatic amines is 1. The molecule has 0 saturated carbocycles. The van der Waals surface area contributed by atoms with E-state index < -0.39 is 0 Å². The van der Waals surface area contributed by atoms with Gasteiger partial charge in [-0.3, -0.25) is 5.10 Å². The lowest BCUT2D eigenvalue weighted by molar-refractivity contribution is 0.00696. The summed E-state index contributed by atoms with van der Waals surface area (Å²) in [5, 5.41) is 8.86. The maximum atomic E-state index is 13.5. The zero-order chi connectivity index (χ0) is 20.6. The summed E-state index contributed by atoms with van der Waals surface area (Å²) in [6, 6.07) is 10.5. The second-order valence-corrected chi connectivity index (χ2v) is 8.77. The lowest BCUT2D eigenvalue weighted by Crippen LogP contribution is -2.44. The summed E-state index contributed by atoms with van der Waals surface area (Å²) in [5.41, 5.74) is 2.75. The standard InChI is InChI=1S/C22H24Cl2FN3O.ClH/c1-14(18-11-16(23)12-19-20(18)26-27-21(19)24)29-13-22(7-9-28(2)10-8-22)15-3-5-17(25)6-4-15;/h3-6,11-12,14H,7-10,13H2,1-2H3,(H,26,27);1H/t14-;/m1./s1. The number of hydrogen-bond acceptors (Lipinski definition) is 3. The number of H-pyrrole nitrogens is 1. The van der Waals surface area contributed by atoms with Gasteiger partial charge in [0, 0.05) is 21.4 Å². The van der Waals surface area contributed by atoms with Gasteiger partial charge in [-0.05, 0) is 69.7 Å². The van der Waals surface area contributed by atoms with Crippen molar-refractivity contribution in [2.24, 2.45) is 0 Å². The first kappa shape index (κ1) is 23.3. The monoisotopic (exact) mass is 471 g/mol. The molecule has 1 saturated heterocycles. The van der Waals surface area contributed by atoms with Crippen molar-refractivity contribution in [2.45, 2.75) is 31.3 Å². The molecule has 4 nitrogen and oxygen atoms in total. The number of nitrogens with zero attached hydrogens (tertiary/aromatic N) is 2. The summed E-state index contributed by atoms with van der Waals surface area (Å²) in [7, 11) is 2.13. The van der Waals surface area contributed by atoms with Gasteiger partial charge in [-0.2, -0.15) is 5.10 Å². The van der Waals surface area contributed by atoms with Crippen LogP contribution in [-0.2, 0) is 10.2 Å². The van der Waals surface area contributed by atoms with Gasteiger partial charge in [-0.1, -0.05) is 35.3 Å². The Morgan fingerprint density at radius 3 is 2.53 bits per heavy atom. The highest BCUT2D eigenvalue weighted by Gasteiger charge is 2.36. The van der Waals surface area contributed by atoms with E-state index in [2.05, 4.69) is 22.1 Å². The Bertz CT molecular complexity index is 1000. The summed E-state index contributed by atoms with van der Waals surface area (Å²) >= 11 is 12.5. The van der Waals surface area contributed by atoms with Crippen LogP contribution in [0.3, 0.4) is 0 Å². The summed E-state index contributed by atoms with van der Waals surface area (Å²) < 4.78 is 19.9. The Labute approximate surface area is 192 Å². The van der Waals surface area contributed by atoms with Crippen LogP contribution in [0.5, 0.6) is 0 Å². The van der Waals surface area contributed by atoms with Crippen LogP contribution in [0.2, 0.25) is 10.2 Å². The van der Waals surface area contributed by atoms with Gasteiger partial charge in [0.1, 0.15) is 5.82 Å². The number of ether oxygens (including phenoxy) is 1. The zero-order valence-corrected chi connectivity index (χ0v) is 19.3. The third kappa shape index (κ3) is 4.61. The first-order chi connectivity index (χ1) is 13.9. The van der Waals surface area contributed by atoms with Crippen LogP contribution >= 0.6 is 35.6 Å². The molecular weight excluding hydrogens is 448 g/mol. The maximum Gasteiger partial charge on any atom is 0.158 e. The van der Waals surface area contributed by atoms with Crippen molar-refractivity contribution in [3.8, 4) is 0 Å². The minimum atomic E-state index is -0.219. The first-order valence-electron chi connectivity index (χ1n) is 9.77. The van der Waals surface area contributed by atoms with Crippen molar-refractivity contribution in [1.29, 1.82) is 0 Å². The topological polar surface area (TPSA) is 41.1 Å². The molecule has 0 radical (unpaired) electrons. The van der Waals surface area contributed by atoms with E-state index >= 15 is 0 Å². The second-order valence-electron chi connectivity index (χ2n) is 7.98. The lowest BCUT2D eigenvalue weighted by Gasteiger charge is -2.41. The van der Waals surface area contributed by atoms with Crippen molar-refractivity contribution >= 4 is 46.5 Å². The fourth-order valence-corrected chi connectivity index (χ4v) is 4.56. The van der Waals surface area contributed by atoms with Crippen LogP contribution < -0.4 is 0 Å². The smallest absolute Gasteiger partial charge is 0.158 e. The number of aromatic nitrogens is 2. The molecule has 1 aliphatic rings. The van der Waals surface area contributed by atoms with Crippen molar-refractivity contribution < 1.29 is 9.13 Å². The minimum absolute atomic E-state index is 0. The quantitative estimate of drug-likeness (QED) is 0.482. The fourth-order valence-electron chi connectivity index (χ4n) is 4.14. The highest BCUT2D eigenvalue weighted by atomic mass is 35.5. The van der Waals surface area contributed by atoms with Crippen LogP contribution in [0.15, 0.2) is 36.4 Å². The average molecular weight is 473 g/mol. The van der Waals surface area contributed by atoms with E-state index in [0.29, 0.717) is 16.8 Å². The van der Waals surface area contributed by atoms with E-state index in [1.54, 1.807) is 6.07 Å². The fraction of sp³-hybridized carbons (Fsp3) is 0.409. The molecule has 1 aliphatic heterocycles. The van der Waals surface area contributed by atoms with E-state index in [1.807, 2.05) is 25.1 Å². The van der Waals surface area contributed by atoms with Crippen LogP contribution in [-0.4, -0.2) is 41.8 Å². The molecule has 0 spiro atoms. The molecule has 30 heavy (non-hydrogen) atoms. The zero-order valence-electron chi connectivity index (χ0n) is 16.9. The van der Waals surface area contributed by atoms with Crippen molar-refractivity contribution in [1.82, 2.24) is 15.1 Å². The highest BCUT2D eigenvalue weighted by molar-refractivity contribution is 6.36. The number of halogens is 4. The van der Waals surface area contributed by atoms with E-state index in [1.165, 1.54) is 12.1 Å². The van der Waals surface area contributed by atoms with Gasteiger partial charge in [0.2, 0.25) is 0 Å². The summed E-state index contributed by atoms with van der Waals surface area (Å²) in [5.74, 6) is -0.219. The predicted octanol–water partition coefficient (Wildman–Crippen LogP) is 6.17. The molecule has 0 bridgehead atoms. The number of nitrogens with one attached hydrogen (secondary N) is 1. The van der Waals surface area contributed by atoms with E-state index in [-0.39, 0.29) is 29.7 Å². The molecule has 162 valence electrons. The number of piperidine rings is 1. The molecular formula is C22H25Cl3FN3O. The van der Waals surface area contributed by atoms with Crippen LogP contribution in [0.1, 0.15) is 37.0 Å². The van der Waals surface area contributed by atoms with Crippen molar-refractivity contribution in [2.75, 3.05) is 26.7 Å². The maximum absolute atomic E-state index is 13.5. The average Bonchev–Trinajstić information content (AvgIpc) is 3.08. The molecule has 0 aliphatic carbocycles. The molecule has 1 atom stereocenters. The van der Waals surface area contributed by atoms with Crippen molar-refractivity contribution in [3.63, 3.8) is 0 Å². The summed E-state index contributed by atoms with van der Waals surface area (Å²) in [6.45, 7) is 4.51. The predicted molar refractivity (Wildman–Crippen MR) is 123 cm³/mol. The van der Waals surface area contributed by atoms with E-state index in [4.69, 9.17) is 27.9 Å². The molecule has 1 N–H and O–H groups in total. The molecule has 8 heteroatoms. The number of rotatable bonds is 5. The Balaban J connectivity index is 0.00000256. The summed E-state index contributed by atoms with van der Waals surface area (Å²) in [6.07, 6.45) is 1.72. The number of benzene rings is 2. The van der Waals surface area contributed by atoms with Gasteiger partial charge >= 0.3 is 0 Å². The number of fused-ring (bicyclic) bond motifs is 1. The van der Waals surface area contributed by atoms with Gasteiger partial charge in [-0.15, -0.1) is 12.4 Å². The third-order valence-electron chi connectivity index (χ3n) is 6.07. The number of hydrogen-bond donors (Lipinski definition) is 1. The van der Waals surface area contributed by atoms with Gasteiger partial charge in [0.05, 0.1) is 18.2 Å². The normalized spacial score (nSPS) is 17.6.